The SMILES string of the molecule is COC(=O)CC(NS(=O)(=O)CC12CCC(CC1=O)C2(C)C)c1cccc(Br)c1. The van der Waals surface area contributed by atoms with E-state index in [4.69, 9.17) is 4.74 Å². The van der Waals surface area contributed by atoms with E-state index >= 15 is 0 Å². The normalized spacial score (nSPS) is 27.0. The van der Waals surface area contributed by atoms with Crippen molar-refractivity contribution in [2.75, 3.05) is 12.9 Å². The molecule has 2 aliphatic rings. The smallest absolute Gasteiger partial charge is 0.307 e. The maximum Gasteiger partial charge on any atom is 0.307 e. The Kier molecular flexibility index (Phi) is 5.78. The van der Waals surface area contributed by atoms with E-state index in [2.05, 4.69) is 20.7 Å². The number of halogens is 1. The second-order valence-electron chi connectivity index (χ2n) is 8.43. The number of ketones is 1. The number of nitrogens with one attached hydrogen (secondary N) is 1. The summed E-state index contributed by atoms with van der Waals surface area (Å²) in [4.78, 5) is 24.6. The Labute approximate surface area is 174 Å². The zero-order valence-corrected chi connectivity index (χ0v) is 18.7. The molecule has 8 heteroatoms. The van der Waals surface area contributed by atoms with Crippen molar-refractivity contribution in [1.82, 2.24) is 4.72 Å². The number of carbonyl (C=O) groups is 2. The van der Waals surface area contributed by atoms with Crippen LogP contribution >= 0.6 is 15.9 Å². The van der Waals surface area contributed by atoms with Crippen molar-refractivity contribution in [3.63, 3.8) is 0 Å². The number of rotatable bonds is 7. The third-order valence-corrected chi connectivity index (χ3v) is 8.76. The van der Waals surface area contributed by atoms with E-state index in [9.17, 15) is 18.0 Å². The lowest BCUT2D eigenvalue weighted by atomic mass is 9.70. The highest BCUT2D eigenvalue weighted by Gasteiger charge is 2.65. The van der Waals surface area contributed by atoms with Crippen LogP contribution in [-0.4, -0.2) is 33.0 Å². The third kappa shape index (κ3) is 3.78. The lowest BCUT2D eigenvalue weighted by molar-refractivity contribution is -0.141. The Balaban J connectivity index is 1.87. The van der Waals surface area contributed by atoms with E-state index < -0.39 is 27.4 Å². The van der Waals surface area contributed by atoms with Gasteiger partial charge in [0, 0.05) is 16.3 Å². The molecule has 2 fully saturated rings. The van der Waals surface area contributed by atoms with Gasteiger partial charge in [-0.05, 0) is 41.9 Å². The van der Waals surface area contributed by atoms with E-state index in [0.29, 0.717) is 18.4 Å². The first-order valence-corrected chi connectivity index (χ1v) is 11.8. The lowest BCUT2D eigenvalue weighted by Crippen LogP contribution is -2.46. The van der Waals surface area contributed by atoms with Crippen LogP contribution in [0.3, 0.4) is 0 Å². The van der Waals surface area contributed by atoms with E-state index in [1.807, 2.05) is 19.9 Å². The highest BCUT2D eigenvalue weighted by Crippen LogP contribution is 2.64. The first-order chi connectivity index (χ1) is 13.0. The van der Waals surface area contributed by atoms with Crippen molar-refractivity contribution in [1.29, 1.82) is 0 Å². The predicted molar refractivity (Wildman–Crippen MR) is 109 cm³/mol. The summed E-state index contributed by atoms with van der Waals surface area (Å²) in [6, 6.07) is 6.37. The molecule has 3 unspecified atom stereocenters. The van der Waals surface area contributed by atoms with E-state index in [-0.39, 0.29) is 29.3 Å². The maximum atomic E-state index is 13.1. The van der Waals surface area contributed by atoms with E-state index in [1.54, 1.807) is 18.2 Å². The number of sulfonamides is 1. The van der Waals surface area contributed by atoms with Crippen LogP contribution in [0.25, 0.3) is 0 Å². The zero-order valence-electron chi connectivity index (χ0n) is 16.3. The summed E-state index contributed by atoms with van der Waals surface area (Å²) in [5, 5.41) is 0. The Morgan fingerprint density at radius 3 is 2.64 bits per heavy atom. The van der Waals surface area contributed by atoms with Crippen molar-refractivity contribution < 1.29 is 22.7 Å². The fourth-order valence-corrected chi connectivity index (χ4v) is 7.37. The summed E-state index contributed by atoms with van der Waals surface area (Å²) < 4.78 is 34.4. The highest BCUT2D eigenvalue weighted by atomic mass is 79.9. The standard InChI is InChI=1S/C20H26BrNO5S/c1-19(2)14-7-8-20(19,17(23)10-14)12-28(25,26)22-16(11-18(24)27-3)13-5-4-6-15(21)9-13/h4-6,9,14,16,22H,7-8,10-12H2,1-3H3. The first kappa shape index (κ1) is 21.5. The molecule has 0 heterocycles. The second-order valence-corrected chi connectivity index (χ2v) is 11.1. The van der Waals surface area contributed by atoms with Crippen molar-refractivity contribution in [3.05, 3.63) is 34.3 Å². The highest BCUT2D eigenvalue weighted by molar-refractivity contribution is 9.10. The van der Waals surface area contributed by atoms with E-state index in [1.165, 1.54) is 7.11 Å². The van der Waals surface area contributed by atoms with Gasteiger partial charge in [0.2, 0.25) is 10.0 Å². The fraction of sp³-hybridized carbons (Fsp3) is 0.600. The number of Topliss-reactive ketones (excluding diaryl/α,β-unsaturated/α-hetero) is 1. The van der Waals surface area contributed by atoms with Crippen molar-refractivity contribution in [2.24, 2.45) is 16.7 Å². The minimum absolute atomic E-state index is 0.0473. The Morgan fingerprint density at radius 2 is 2.11 bits per heavy atom. The van der Waals surface area contributed by atoms with Gasteiger partial charge in [0.05, 0.1) is 25.3 Å². The number of benzene rings is 1. The van der Waals surface area contributed by atoms with Crippen LogP contribution in [0.1, 0.15) is 51.1 Å². The predicted octanol–water partition coefficient (Wildman–Crippen LogP) is 3.37. The molecule has 3 rings (SSSR count). The maximum absolute atomic E-state index is 13.1. The average Bonchev–Trinajstić information content (AvgIpc) is 2.94. The number of methoxy groups -OCH3 is 1. The molecule has 3 atom stereocenters. The van der Waals surface area contributed by atoms with Gasteiger partial charge in [-0.1, -0.05) is 41.9 Å². The summed E-state index contributed by atoms with van der Waals surface area (Å²) in [7, 11) is -2.55. The largest absolute Gasteiger partial charge is 0.469 e. The van der Waals surface area contributed by atoms with Crippen LogP contribution in [-0.2, 0) is 24.3 Å². The molecule has 6 nitrogen and oxygen atoms in total. The monoisotopic (exact) mass is 471 g/mol. The minimum atomic E-state index is -3.82. The van der Waals surface area contributed by atoms with Crippen LogP contribution in [0.2, 0.25) is 0 Å². The summed E-state index contributed by atoms with van der Waals surface area (Å²) in [6.45, 7) is 4.01. The number of carbonyl (C=O) groups excluding carboxylic acids is 2. The summed E-state index contributed by atoms with van der Waals surface area (Å²) in [5.41, 5.74) is -0.537. The van der Waals surface area contributed by atoms with Crippen molar-refractivity contribution in [2.45, 2.75) is 45.6 Å². The van der Waals surface area contributed by atoms with Gasteiger partial charge in [0.25, 0.3) is 0 Å². The fourth-order valence-electron chi connectivity index (χ4n) is 4.89. The quantitative estimate of drug-likeness (QED) is 0.615. The molecule has 0 radical (unpaired) electrons. The molecule has 154 valence electrons. The van der Waals surface area contributed by atoms with Crippen LogP contribution in [0.5, 0.6) is 0 Å². The number of hydrogen-bond acceptors (Lipinski definition) is 5. The molecule has 28 heavy (non-hydrogen) atoms. The molecule has 1 aromatic rings. The van der Waals surface area contributed by atoms with E-state index in [0.717, 1.165) is 10.9 Å². The van der Waals surface area contributed by atoms with Gasteiger partial charge < -0.3 is 4.74 Å². The summed E-state index contributed by atoms with van der Waals surface area (Å²) in [6.07, 6.45) is 1.81. The lowest BCUT2D eigenvalue weighted by Gasteiger charge is -2.36. The molecule has 2 bridgehead atoms. The third-order valence-electron chi connectivity index (χ3n) is 6.75. The summed E-state index contributed by atoms with van der Waals surface area (Å²) >= 11 is 3.37. The van der Waals surface area contributed by atoms with Gasteiger partial charge in [0.15, 0.2) is 0 Å². The first-order valence-electron chi connectivity index (χ1n) is 9.36. The van der Waals surface area contributed by atoms with Gasteiger partial charge in [0.1, 0.15) is 5.78 Å². The number of esters is 1. The van der Waals surface area contributed by atoms with Crippen molar-refractivity contribution in [3.8, 4) is 0 Å². The molecule has 1 aromatic carbocycles. The molecule has 0 spiro atoms. The molecule has 1 N–H and O–H groups in total. The van der Waals surface area contributed by atoms with Gasteiger partial charge in [-0.25, -0.2) is 13.1 Å². The summed E-state index contributed by atoms with van der Waals surface area (Å²) in [5.74, 6) is -0.463. The van der Waals surface area contributed by atoms with Gasteiger partial charge in [-0.15, -0.1) is 0 Å². The average molecular weight is 472 g/mol. The minimum Gasteiger partial charge on any atom is -0.469 e. The van der Waals surface area contributed by atoms with Crippen LogP contribution < -0.4 is 4.72 Å². The number of hydrogen-bond donors (Lipinski definition) is 1. The van der Waals surface area contributed by atoms with Crippen LogP contribution in [0.4, 0.5) is 0 Å². The molecule has 2 aliphatic carbocycles. The molecular formula is C20H26BrNO5S. The van der Waals surface area contributed by atoms with Gasteiger partial charge in [-0.3, -0.25) is 9.59 Å². The zero-order chi connectivity index (χ0) is 20.7. The van der Waals surface area contributed by atoms with Gasteiger partial charge >= 0.3 is 5.97 Å². The second kappa shape index (κ2) is 7.54. The van der Waals surface area contributed by atoms with Crippen LogP contribution in [0.15, 0.2) is 28.7 Å². The molecule has 0 amide bonds. The Bertz CT molecular complexity index is 898. The van der Waals surface area contributed by atoms with Crippen LogP contribution in [0, 0.1) is 16.7 Å². The molecule has 0 aromatic heterocycles. The Hall–Kier alpha value is -1.25. The molecular weight excluding hydrogens is 446 g/mol. The topological polar surface area (TPSA) is 89.5 Å². The Morgan fingerprint density at radius 1 is 1.39 bits per heavy atom. The number of ether oxygens (including phenoxy) is 1. The molecule has 0 saturated heterocycles. The number of fused-ring (bicyclic) bond motifs is 2. The van der Waals surface area contributed by atoms with Crippen molar-refractivity contribution >= 4 is 37.7 Å². The molecule has 0 aliphatic heterocycles. The van der Waals surface area contributed by atoms with Gasteiger partial charge in [-0.2, -0.15) is 0 Å². The molecule has 2 saturated carbocycles.